The van der Waals surface area contributed by atoms with Crippen LogP contribution in [0.5, 0.6) is 5.75 Å². The molecule has 0 aliphatic carbocycles. The molecule has 0 saturated heterocycles. The van der Waals surface area contributed by atoms with Crippen LogP contribution < -0.4 is 4.52 Å². The van der Waals surface area contributed by atoms with E-state index in [2.05, 4.69) is 6.58 Å². The maximum Gasteiger partial charge on any atom is 0.527 e. The molecule has 1 N–H and O–H groups in total. The van der Waals surface area contributed by atoms with Gasteiger partial charge in [-0.1, -0.05) is 24.8 Å². The average Bonchev–Trinajstić information content (AvgIpc) is 2.28. The van der Waals surface area contributed by atoms with Crippen LogP contribution in [0.15, 0.2) is 42.5 Å². The molecular weight excluding hydrogens is 267 g/mol. The van der Waals surface area contributed by atoms with Crippen molar-refractivity contribution in [1.82, 2.24) is 0 Å². The van der Waals surface area contributed by atoms with Gasteiger partial charge in [-0.25, -0.2) is 4.57 Å². The molecule has 0 spiro atoms. The quantitative estimate of drug-likeness (QED) is 0.615. The summed E-state index contributed by atoms with van der Waals surface area (Å²) in [5.41, 5.74) is 0.382. The fourth-order valence-corrected chi connectivity index (χ4v) is 2.30. The number of hydrogen-bond donors (Lipinski definition) is 1. The van der Waals surface area contributed by atoms with Gasteiger partial charge in [-0.05, 0) is 31.6 Å². The molecule has 19 heavy (non-hydrogen) atoms. The van der Waals surface area contributed by atoms with E-state index in [0.717, 1.165) is 0 Å². The monoisotopic (exact) mass is 284 g/mol. The van der Waals surface area contributed by atoms with E-state index in [9.17, 15) is 14.3 Å². The molecule has 104 valence electrons. The molecule has 0 fully saturated rings. The zero-order chi connectivity index (χ0) is 14.5. The van der Waals surface area contributed by atoms with Gasteiger partial charge >= 0.3 is 7.82 Å². The number of hydrogen-bond acceptors (Lipinski definition) is 4. The first-order valence-electron chi connectivity index (χ1n) is 5.75. The smallest absolute Gasteiger partial charge is 0.404 e. The highest BCUT2D eigenvalue weighted by Gasteiger charge is 2.27. The van der Waals surface area contributed by atoms with Crippen LogP contribution in [0.3, 0.4) is 0 Å². The summed E-state index contributed by atoms with van der Waals surface area (Å²) in [6, 6.07) is 8.17. The lowest BCUT2D eigenvalue weighted by Gasteiger charge is -2.17. The predicted molar refractivity (Wildman–Crippen MR) is 71.9 cm³/mol. The van der Waals surface area contributed by atoms with Crippen LogP contribution in [0.2, 0.25) is 0 Å². The summed E-state index contributed by atoms with van der Waals surface area (Å²) >= 11 is 0. The van der Waals surface area contributed by atoms with Crippen molar-refractivity contribution >= 4 is 13.6 Å². The third-order valence-electron chi connectivity index (χ3n) is 2.23. The van der Waals surface area contributed by atoms with Crippen molar-refractivity contribution in [2.24, 2.45) is 0 Å². The first-order valence-corrected chi connectivity index (χ1v) is 7.24. The Morgan fingerprint density at radius 3 is 2.53 bits per heavy atom. The van der Waals surface area contributed by atoms with Gasteiger partial charge in [-0.3, -0.25) is 14.2 Å². The maximum absolute atomic E-state index is 11.7. The van der Waals surface area contributed by atoms with Gasteiger partial charge in [-0.2, -0.15) is 0 Å². The first kappa shape index (κ1) is 15.6. The van der Waals surface area contributed by atoms with Crippen LogP contribution in [-0.4, -0.2) is 16.8 Å². The third kappa shape index (κ3) is 5.83. The van der Waals surface area contributed by atoms with Crippen LogP contribution in [0.1, 0.15) is 20.3 Å². The Kier molecular flexibility index (Phi) is 5.48. The lowest BCUT2D eigenvalue weighted by molar-refractivity contribution is -0.116. The zero-order valence-corrected chi connectivity index (χ0v) is 11.8. The standard InChI is InChI=1S/C13H17O5P/c1-10(2)13(14)9-11(3)17-19(15,16)18-12-7-5-4-6-8-12/h4-8,11H,1,9H2,2-3H3,(H,15,16). The Balaban J connectivity index is 2.57. The largest absolute Gasteiger partial charge is 0.527 e. The lowest BCUT2D eigenvalue weighted by atomic mass is 10.1. The van der Waals surface area contributed by atoms with Crippen LogP contribution in [0, 0.1) is 0 Å². The molecule has 0 aromatic heterocycles. The molecule has 0 saturated carbocycles. The van der Waals surface area contributed by atoms with Gasteiger partial charge in [0.1, 0.15) is 5.75 Å². The third-order valence-corrected chi connectivity index (χ3v) is 3.29. The molecule has 1 aromatic carbocycles. The number of rotatable bonds is 7. The predicted octanol–water partition coefficient (Wildman–Crippen LogP) is 3.11. The number of Topliss-reactive ketones (excluding diaryl/α,β-unsaturated/α-hetero) is 1. The summed E-state index contributed by atoms with van der Waals surface area (Å²) < 4.78 is 21.5. The molecule has 2 atom stereocenters. The van der Waals surface area contributed by atoms with Gasteiger partial charge < -0.3 is 4.52 Å². The van der Waals surface area contributed by atoms with Crippen molar-refractivity contribution in [3.05, 3.63) is 42.5 Å². The van der Waals surface area contributed by atoms with Gasteiger partial charge in [0.05, 0.1) is 6.10 Å². The minimum atomic E-state index is -4.24. The molecule has 0 aliphatic heterocycles. The molecule has 5 nitrogen and oxygen atoms in total. The summed E-state index contributed by atoms with van der Waals surface area (Å²) in [4.78, 5) is 21.0. The molecular formula is C13H17O5P. The Labute approximate surface area is 112 Å². The Bertz CT molecular complexity index is 497. The molecule has 0 bridgehead atoms. The van der Waals surface area contributed by atoms with Crippen molar-refractivity contribution in [1.29, 1.82) is 0 Å². The molecule has 0 radical (unpaired) electrons. The summed E-state index contributed by atoms with van der Waals surface area (Å²) in [5.74, 6) is 0.0129. The molecule has 6 heteroatoms. The molecule has 0 heterocycles. The van der Waals surface area contributed by atoms with Crippen molar-refractivity contribution in [2.75, 3.05) is 0 Å². The van der Waals surface area contributed by atoms with Gasteiger partial charge in [0, 0.05) is 6.42 Å². The Hall–Kier alpha value is -1.42. The maximum atomic E-state index is 11.7. The number of carbonyl (C=O) groups excluding carboxylic acids is 1. The van der Waals surface area contributed by atoms with Crippen molar-refractivity contribution in [3.8, 4) is 5.75 Å². The minimum absolute atomic E-state index is 0.0158. The molecule has 0 aliphatic rings. The van der Waals surface area contributed by atoms with E-state index in [0.29, 0.717) is 5.57 Å². The van der Waals surface area contributed by atoms with E-state index in [4.69, 9.17) is 9.05 Å². The SMILES string of the molecule is C=C(C)C(=O)CC(C)OP(=O)(O)Oc1ccccc1. The van der Waals surface area contributed by atoms with E-state index in [-0.39, 0.29) is 18.0 Å². The molecule has 2 unspecified atom stereocenters. The zero-order valence-electron chi connectivity index (χ0n) is 10.9. The second kappa shape index (κ2) is 6.66. The molecule has 0 amide bonds. The van der Waals surface area contributed by atoms with E-state index >= 15 is 0 Å². The summed E-state index contributed by atoms with van der Waals surface area (Å²) in [5, 5.41) is 0. The van der Waals surface area contributed by atoms with E-state index in [1.54, 1.807) is 25.1 Å². The normalized spacial score (nSPS) is 15.3. The summed E-state index contributed by atoms with van der Waals surface area (Å²) in [7, 11) is -4.24. The van der Waals surface area contributed by atoms with Gasteiger partial charge in [0.2, 0.25) is 0 Å². The van der Waals surface area contributed by atoms with Gasteiger partial charge in [-0.15, -0.1) is 0 Å². The Morgan fingerprint density at radius 1 is 1.42 bits per heavy atom. The van der Waals surface area contributed by atoms with Crippen molar-refractivity contribution in [2.45, 2.75) is 26.4 Å². The van der Waals surface area contributed by atoms with Crippen molar-refractivity contribution in [3.63, 3.8) is 0 Å². The summed E-state index contributed by atoms with van der Waals surface area (Å²) in [6.45, 7) is 6.61. The number of benzene rings is 1. The van der Waals surface area contributed by atoms with Gasteiger partial charge in [0.15, 0.2) is 5.78 Å². The van der Waals surface area contributed by atoms with E-state index < -0.39 is 13.9 Å². The second-order valence-electron chi connectivity index (χ2n) is 4.20. The van der Waals surface area contributed by atoms with E-state index in [1.807, 2.05) is 0 Å². The number of carbonyl (C=O) groups is 1. The van der Waals surface area contributed by atoms with Crippen LogP contribution in [-0.2, 0) is 13.9 Å². The minimum Gasteiger partial charge on any atom is -0.404 e. The average molecular weight is 284 g/mol. The van der Waals surface area contributed by atoms with E-state index in [1.165, 1.54) is 19.1 Å². The highest BCUT2D eigenvalue weighted by atomic mass is 31.2. The number of phosphoric ester groups is 1. The second-order valence-corrected chi connectivity index (χ2v) is 5.53. The van der Waals surface area contributed by atoms with Gasteiger partial charge in [0.25, 0.3) is 0 Å². The fourth-order valence-electron chi connectivity index (χ4n) is 1.34. The van der Waals surface area contributed by atoms with Crippen LogP contribution >= 0.6 is 7.82 Å². The lowest BCUT2D eigenvalue weighted by Crippen LogP contribution is -2.14. The number of allylic oxidation sites excluding steroid dienone is 1. The molecule has 1 rings (SSSR count). The Morgan fingerprint density at radius 2 is 2.00 bits per heavy atom. The summed E-state index contributed by atoms with van der Waals surface area (Å²) in [6.07, 6.45) is -0.748. The first-order chi connectivity index (χ1) is 8.80. The topological polar surface area (TPSA) is 72.8 Å². The number of para-hydroxylation sites is 1. The molecule has 1 aromatic rings. The highest BCUT2D eigenvalue weighted by molar-refractivity contribution is 7.47. The highest BCUT2D eigenvalue weighted by Crippen LogP contribution is 2.45. The number of phosphoric acid groups is 1. The van der Waals surface area contributed by atoms with Crippen molar-refractivity contribution < 1.29 is 23.3 Å². The fraction of sp³-hybridized carbons (Fsp3) is 0.308. The van der Waals surface area contributed by atoms with Crippen LogP contribution in [0.25, 0.3) is 0 Å². The van der Waals surface area contributed by atoms with Crippen LogP contribution in [0.4, 0.5) is 0 Å². The number of ketones is 1.